The summed E-state index contributed by atoms with van der Waals surface area (Å²) in [6.45, 7) is 5.46. The third-order valence-electron chi connectivity index (χ3n) is 2.19. The van der Waals surface area contributed by atoms with Gasteiger partial charge in [0.15, 0.2) is 0 Å². The molecule has 3 heteroatoms. The molecule has 1 rings (SSSR count). The molecule has 0 saturated heterocycles. The van der Waals surface area contributed by atoms with Crippen molar-refractivity contribution in [1.29, 1.82) is 0 Å². The van der Waals surface area contributed by atoms with E-state index in [9.17, 15) is 4.79 Å². The number of aliphatic carboxylic acids is 1. The first-order valence-corrected chi connectivity index (χ1v) is 4.18. The van der Waals surface area contributed by atoms with Crippen molar-refractivity contribution in [2.24, 2.45) is 0 Å². The average Bonchev–Trinajstić information content (AvgIpc) is 2.03. The quantitative estimate of drug-likeness (QED) is 0.754. The van der Waals surface area contributed by atoms with Gasteiger partial charge in [0.25, 0.3) is 0 Å². The molecule has 0 aromatic carbocycles. The van der Waals surface area contributed by atoms with Gasteiger partial charge < -0.3 is 5.11 Å². The lowest BCUT2D eigenvalue weighted by atomic mass is 9.94. The average molecular weight is 179 g/mol. The van der Waals surface area contributed by atoms with E-state index in [1.165, 1.54) is 0 Å². The lowest BCUT2D eigenvalue weighted by molar-refractivity contribution is -0.138. The maximum absolute atomic E-state index is 10.8. The largest absolute Gasteiger partial charge is 0.481 e. The molecule has 0 aliphatic carbocycles. The van der Waals surface area contributed by atoms with Gasteiger partial charge in [-0.2, -0.15) is 0 Å². The minimum atomic E-state index is -0.794. The van der Waals surface area contributed by atoms with Crippen molar-refractivity contribution in [2.75, 3.05) is 0 Å². The Balaban J connectivity index is 3.20. The molecule has 1 heterocycles. The zero-order valence-electron chi connectivity index (χ0n) is 8.03. The third kappa shape index (κ3) is 1.86. The van der Waals surface area contributed by atoms with Gasteiger partial charge in [0.2, 0.25) is 0 Å². The van der Waals surface area contributed by atoms with Crippen molar-refractivity contribution in [3.63, 3.8) is 0 Å². The van der Waals surface area contributed by atoms with Crippen molar-refractivity contribution < 1.29 is 9.90 Å². The van der Waals surface area contributed by atoms with Crippen LogP contribution in [-0.2, 0) is 4.79 Å². The van der Waals surface area contributed by atoms with Crippen LogP contribution in [-0.4, -0.2) is 16.1 Å². The molecule has 0 aliphatic rings. The fourth-order valence-corrected chi connectivity index (χ4v) is 1.52. The van der Waals surface area contributed by atoms with Crippen LogP contribution in [0.15, 0.2) is 12.4 Å². The minimum absolute atomic E-state index is 0.456. The van der Waals surface area contributed by atoms with Crippen molar-refractivity contribution in [3.05, 3.63) is 29.1 Å². The second kappa shape index (κ2) is 3.56. The van der Waals surface area contributed by atoms with Crippen LogP contribution in [0.5, 0.6) is 0 Å². The van der Waals surface area contributed by atoms with Gasteiger partial charge in [-0.1, -0.05) is 0 Å². The number of aryl methyl sites for hydroxylation is 2. The SMILES string of the molecule is Cc1cncc(C)c1C(C)C(=O)O. The molecule has 1 aromatic rings. The standard InChI is InChI=1S/C10H13NO2/c1-6-4-11-5-7(2)9(6)8(3)10(12)13/h4-5,8H,1-3H3,(H,12,13). The Bertz CT molecular complexity index is 313. The molecule has 70 valence electrons. The second-order valence-electron chi connectivity index (χ2n) is 3.25. The van der Waals surface area contributed by atoms with E-state index in [2.05, 4.69) is 4.98 Å². The smallest absolute Gasteiger partial charge is 0.310 e. The summed E-state index contributed by atoms with van der Waals surface area (Å²) in [5, 5.41) is 8.86. The van der Waals surface area contributed by atoms with Crippen LogP contribution < -0.4 is 0 Å². The third-order valence-corrected chi connectivity index (χ3v) is 2.19. The fraction of sp³-hybridized carbons (Fsp3) is 0.400. The normalized spacial score (nSPS) is 12.5. The number of carboxylic acids is 1. The number of carbonyl (C=O) groups is 1. The highest BCUT2D eigenvalue weighted by atomic mass is 16.4. The summed E-state index contributed by atoms with van der Waals surface area (Å²) in [6.07, 6.45) is 3.39. The topological polar surface area (TPSA) is 50.2 Å². The highest BCUT2D eigenvalue weighted by Gasteiger charge is 2.17. The lowest BCUT2D eigenvalue weighted by Gasteiger charge is -2.12. The first-order valence-electron chi connectivity index (χ1n) is 4.18. The van der Waals surface area contributed by atoms with Crippen LogP contribution in [0.25, 0.3) is 0 Å². The van der Waals surface area contributed by atoms with E-state index in [1.54, 1.807) is 19.3 Å². The summed E-state index contributed by atoms with van der Waals surface area (Å²) in [5.74, 6) is -1.25. The van der Waals surface area contributed by atoms with E-state index in [0.29, 0.717) is 0 Å². The zero-order chi connectivity index (χ0) is 10.0. The van der Waals surface area contributed by atoms with Crippen LogP contribution in [0, 0.1) is 13.8 Å². The molecule has 0 fully saturated rings. The zero-order valence-corrected chi connectivity index (χ0v) is 8.03. The first-order chi connectivity index (χ1) is 6.04. The molecule has 0 bridgehead atoms. The van der Waals surface area contributed by atoms with Crippen LogP contribution in [0.3, 0.4) is 0 Å². The number of pyridine rings is 1. The van der Waals surface area contributed by atoms with Crippen molar-refractivity contribution in [3.8, 4) is 0 Å². The molecular formula is C10H13NO2. The number of carboxylic acid groups (broad SMARTS) is 1. The Kier molecular flexibility index (Phi) is 2.66. The molecule has 3 nitrogen and oxygen atoms in total. The van der Waals surface area contributed by atoms with Crippen LogP contribution >= 0.6 is 0 Å². The molecule has 1 aromatic heterocycles. The molecule has 0 saturated carbocycles. The van der Waals surface area contributed by atoms with E-state index < -0.39 is 11.9 Å². The summed E-state index contributed by atoms with van der Waals surface area (Å²) in [7, 11) is 0. The van der Waals surface area contributed by atoms with Gasteiger partial charge in [-0.05, 0) is 37.5 Å². The molecule has 0 spiro atoms. The van der Waals surface area contributed by atoms with E-state index in [-0.39, 0.29) is 0 Å². The highest BCUT2D eigenvalue weighted by Crippen LogP contribution is 2.22. The Hall–Kier alpha value is -1.38. The van der Waals surface area contributed by atoms with Crippen LogP contribution in [0.1, 0.15) is 29.5 Å². The van der Waals surface area contributed by atoms with E-state index in [0.717, 1.165) is 16.7 Å². The van der Waals surface area contributed by atoms with Crippen molar-refractivity contribution in [1.82, 2.24) is 4.98 Å². The monoisotopic (exact) mass is 179 g/mol. The van der Waals surface area contributed by atoms with Gasteiger partial charge in [0.05, 0.1) is 5.92 Å². The maximum atomic E-state index is 10.8. The molecule has 1 N–H and O–H groups in total. The summed E-state index contributed by atoms with van der Waals surface area (Å²) >= 11 is 0. The number of hydrogen-bond donors (Lipinski definition) is 1. The summed E-state index contributed by atoms with van der Waals surface area (Å²) in [5.41, 5.74) is 2.76. The predicted molar refractivity (Wildman–Crippen MR) is 49.8 cm³/mol. The van der Waals surface area contributed by atoms with E-state index >= 15 is 0 Å². The van der Waals surface area contributed by atoms with Crippen molar-refractivity contribution in [2.45, 2.75) is 26.7 Å². The summed E-state index contributed by atoms with van der Waals surface area (Å²) in [6, 6.07) is 0. The molecule has 1 atom stereocenters. The number of aromatic nitrogens is 1. The lowest BCUT2D eigenvalue weighted by Crippen LogP contribution is -2.10. The van der Waals surface area contributed by atoms with E-state index in [4.69, 9.17) is 5.11 Å². The van der Waals surface area contributed by atoms with Gasteiger partial charge in [-0.3, -0.25) is 9.78 Å². The van der Waals surface area contributed by atoms with Crippen LogP contribution in [0.2, 0.25) is 0 Å². The predicted octanol–water partition coefficient (Wildman–Crippen LogP) is 1.89. The first kappa shape index (κ1) is 9.71. The molecule has 13 heavy (non-hydrogen) atoms. The highest BCUT2D eigenvalue weighted by molar-refractivity contribution is 5.76. The van der Waals surface area contributed by atoms with Gasteiger partial charge in [0, 0.05) is 12.4 Å². The maximum Gasteiger partial charge on any atom is 0.310 e. The summed E-state index contributed by atoms with van der Waals surface area (Å²) < 4.78 is 0. The van der Waals surface area contributed by atoms with Gasteiger partial charge in [-0.25, -0.2) is 0 Å². The van der Waals surface area contributed by atoms with Gasteiger partial charge in [-0.15, -0.1) is 0 Å². The number of rotatable bonds is 2. The van der Waals surface area contributed by atoms with Gasteiger partial charge >= 0.3 is 5.97 Å². The minimum Gasteiger partial charge on any atom is -0.481 e. The molecule has 0 amide bonds. The van der Waals surface area contributed by atoms with Gasteiger partial charge in [0.1, 0.15) is 0 Å². The number of nitrogens with zero attached hydrogens (tertiary/aromatic N) is 1. The molecular weight excluding hydrogens is 166 g/mol. The molecule has 0 radical (unpaired) electrons. The molecule has 0 aliphatic heterocycles. The second-order valence-corrected chi connectivity index (χ2v) is 3.25. The summed E-state index contributed by atoms with van der Waals surface area (Å²) in [4.78, 5) is 14.8. The number of hydrogen-bond acceptors (Lipinski definition) is 2. The molecule has 1 unspecified atom stereocenters. The Morgan fingerprint density at radius 2 is 1.85 bits per heavy atom. The Morgan fingerprint density at radius 1 is 1.38 bits per heavy atom. The Morgan fingerprint density at radius 3 is 2.23 bits per heavy atom. The van der Waals surface area contributed by atoms with Crippen molar-refractivity contribution >= 4 is 5.97 Å². The fourth-order valence-electron chi connectivity index (χ4n) is 1.52. The Labute approximate surface area is 77.4 Å². The van der Waals surface area contributed by atoms with E-state index in [1.807, 2.05) is 13.8 Å². The van der Waals surface area contributed by atoms with Crippen LogP contribution in [0.4, 0.5) is 0 Å².